The molecule has 0 saturated heterocycles. The molecule has 1 N–H and O–H groups in total. The molecule has 0 aliphatic rings. The number of benzene rings is 3. The number of hydrogen-bond donors (Lipinski definition) is 1. The molecule has 8 heteroatoms. The molecule has 162 valence electrons. The number of hydrazone groups is 1. The van der Waals surface area contributed by atoms with Crippen molar-refractivity contribution in [1.82, 2.24) is 5.43 Å². The van der Waals surface area contributed by atoms with Gasteiger partial charge in [0, 0.05) is 5.56 Å². The van der Waals surface area contributed by atoms with Gasteiger partial charge in [0.2, 0.25) is 0 Å². The van der Waals surface area contributed by atoms with Gasteiger partial charge in [-0.05, 0) is 42.0 Å². The summed E-state index contributed by atoms with van der Waals surface area (Å²) in [6, 6.07) is 21.5. The van der Waals surface area contributed by atoms with Gasteiger partial charge in [0.05, 0.1) is 30.0 Å². The number of methoxy groups -OCH3 is 1. The fourth-order valence-electron chi connectivity index (χ4n) is 2.71. The fraction of sp³-hybridized carbons (Fsp3) is 0.125. The number of carbonyl (C=O) groups excluding carboxylic acids is 1. The van der Waals surface area contributed by atoms with Crippen molar-refractivity contribution in [3.8, 4) is 23.3 Å². The Morgan fingerprint density at radius 3 is 2.62 bits per heavy atom. The topological polar surface area (TPSA) is 92.9 Å². The van der Waals surface area contributed by atoms with Gasteiger partial charge >= 0.3 is 0 Å². The smallest absolute Gasteiger partial charge is 0.277 e. The highest BCUT2D eigenvalue weighted by molar-refractivity contribution is 6.32. The molecule has 0 heterocycles. The zero-order chi connectivity index (χ0) is 22.8. The Hall–Kier alpha value is -4.02. The van der Waals surface area contributed by atoms with Gasteiger partial charge in [-0.1, -0.05) is 41.9 Å². The van der Waals surface area contributed by atoms with E-state index in [9.17, 15) is 10.1 Å². The Morgan fingerprint density at radius 2 is 1.84 bits per heavy atom. The average molecular weight is 450 g/mol. The van der Waals surface area contributed by atoms with Crippen molar-refractivity contribution < 1.29 is 19.0 Å². The molecule has 0 saturated carbocycles. The number of hydrogen-bond acceptors (Lipinski definition) is 6. The van der Waals surface area contributed by atoms with Gasteiger partial charge in [0.1, 0.15) is 12.4 Å². The summed E-state index contributed by atoms with van der Waals surface area (Å²) in [4.78, 5) is 11.9. The number of amides is 1. The Bertz CT molecular complexity index is 1160. The van der Waals surface area contributed by atoms with Crippen LogP contribution in [0.1, 0.15) is 16.7 Å². The summed E-state index contributed by atoms with van der Waals surface area (Å²) >= 11 is 5.98. The van der Waals surface area contributed by atoms with Crippen molar-refractivity contribution in [2.75, 3.05) is 13.7 Å². The third kappa shape index (κ3) is 6.24. The number of nitriles is 1. The first kappa shape index (κ1) is 22.7. The maximum atomic E-state index is 11.9. The van der Waals surface area contributed by atoms with E-state index in [0.717, 1.165) is 5.56 Å². The van der Waals surface area contributed by atoms with Crippen LogP contribution < -0.4 is 19.6 Å². The summed E-state index contributed by atoms with van der Waals surface area (Å²) in [5.41, 5.74) is 4.43. The monoisotopic (exact) mass is 449 g/mol. The highest BCUT2D eigenvalue weighted by atomic mass is 35.5. The molecule has 0 atom stereocenters. The fourth-order valence-corrected chi connectivity index (χ4v) is 2.90. The largest absolute Gasteiger partial charge is 0.493 e. The van der Waals surface area contributed by atoms with Crippen LogP contribution in [-0.4, -0.2) is 25.8 Å². The van der Waals surface area contributed by atoms with Gasteiger partial charge < -0.3 is 14.2 Å². The third-order valence-corrected chi connectivity index (χ3v) is 4.62. The number of halogens is 1. The highest BCUT2D eigenvalue weighted by Crippen LogP contribution is 2.28. The number of nitrogens with one attached hydrogen (secondary N) is 1. The van der Waals surface area contributed by atoms with Crippen LogP contribution in [0.2, 0.25) is 5.02 Å². The van der Waals surface area contributed by atoms with E-state index < -0.39 is 5.91 Å². The molecule has 0 bridgehead atoms. The van der Waals surface area contributed by atoms with Crippen LogP contribution >= 0.6 is 11.6 Å². The van der Waals surface area contributed by atoms with E-state index in [4.69, 9.17) is 25.8 Å². The minimum absolute atomic E-state index is 0.221. The molecular formula is C24H20ClN3O4. The SMILES string of the molecule is COc1cc(C=NNC(=O)COc2ccccc2Cl)ccc1OCc1ccccc1C#N. The lowest BCUT2D eigenvalue weighted by atomic mass is 10.1. The van der Waals surface area contributed by atoms with Gasteiger partial charge in [-0.2, -0.15) is 10.4 Å². The summed E-state index contributed by atoms with van der Waals surface area (Å²) < 4.78 is 16.6. The van der Waals surface area contributed by atoms with E-state index in [2.05, 4.69) is 16.6 Å². The van der Waals surface area contributed by atoms with E-state index >= 15 is 0 Å². The molecule has 3 aromatic carbocycles. The van der Waals surface area contributed by atoms with Crippen molar-refractivity contribution in [3.63, 3.8) is 0 Å². The Balaban J connectivity index is 1.55. The van der Waals surface area contributed by atoms with E-state index in [0.29, 0.717) is 33.4 Å². The third-order valence-electron chi connectivity index (χ3n) is 4.31. The van der Waals surface area contributed by atoms with Crippen molar-refractivity contribution in [3.05, 3.63) is 88.4 Å². The van der Waals surface area contributed by atoms with Gasteiger partial charge in [0.25, 0.3) is 5.91 Å². The lowest BCUT2D eigenvalue weighted by molar-refractivity contribution is -0.123. The lowest BCUT2D eigenvalue weighted by Crippen LogP contribution is -2.24. The first-order chi connectivity index (χ1) is 15.6. The van der Waals surface area contributed by atoms with Crippen LogP contribution in [0.25, 0.3) is 0 Å². The van der Waals surface area contributed by atoms with Gasteiger partial charge in [-0.15, -0.1) is 0 Å². The molecule has 0 aromatic heterocycles. The molecule has 7 nitrogen and oxygen atoms in total. The van der Waals surface area contributed by atoms with Crippen LogP contribution in [0.5, 0.6) is 17.2 Å². The molecule has 0 spiro atoms. The Labute approximate surface area is 190 Å². The predicted molar refractivity (Wildman–Crippen MR) is 121 cm³/mol. The average Bonchev–Trinajstić information content (AvgIpc) is 2.82. The normalized spacial score (nSPS) is 10.4. The quantitative estimate of drug-likeness (QED) is 0.387. The zero-order valence-corrected chi connectivity index (χ0v) is 18.0. The second-order valence-corrected chi connectivity index (χ2v) is 6.89. The second kappa shape index (κ2) is 11.4. The summed E-state index contributed by atoms with van der Waals surface area (Å²) in [5, 5.41) is 13.5. The zero-order valence-electron chi connectivity index (χ0n) is 17.2. The summed E-state index contributed by atoms with van der Waals surface area (Å²) in [6.45, 7) is 0.0103. The van der Waals surface area contributed by atoms with Crippen molar-refractivity contribution in [1.29, 1.82) is 5.26 Å². The minimum atomic E-state index is -0.427. The van der Waals surface area contributed by atoms with Crippen LogP contribution in [-0.2, 0) is 11.4 Å². The van der Waals surface area contributed by atoms with Crippen molar-refractivity contribution in [2.45, 2.75) is 6.61 Å². The first-order valence-corrected chi connectivity index (χ1v) is 9.96. The van der Waals surface area contributed by atoms with Crippen LogP contribution in [0, 0.1) is 11.3 Å². The van der Waals surface area contributed by atoms with E-state index in [-0.39, 0.29) is 13.2 Å². The van der Waals surface area contributed by atoms with E-state index in [1.165, 1.54) is 13.3 Å². The molecule has 3 rings (SSSR count). The lowest BCUT2D eigenvalue weighted by Gasteiger charge is -2.12. The van der Waals surface area contributed by atoms with Crippen molar-refractivity contribution >= 4 is 23.7 Å². The number of ether oxygens (including phenoxy) is 3. The number of rotatable bonds is 9. The summed E-state index contributed by atoms with van der Waals surface area (Å²) in [6.07, 6.45) is 1.48. The number of para-hydroxylation sites is 1. The Kier molecular flexibility index (Phi) is 8.07. The molecule has 0 aliphatic carbocycles. The number of carbonyl (C=O) groups is 1. The van der Waals surface area contributed by atoms with Gasteiger partial charge in [0.15, 0.2) is 18.1 Å². The van der Waals surface area contributed by atoms with Crippen LogP contribution in [0.4, 0.5) is 0 Å². The molecule has 0 radical (unpaired) electrons. The van der Waals surface area contributed by atoms with Crippen LogP contribution in [0.3, 0.4) is 0 Å². The predicted octanol–water partition coefficient (Wildman–Crippen LogP) is 4.33. The maximum absolute atomic E-state index is 11.9. The van der Waals surface area contributed by atoms with Gasteiger partial charge in [-0.25, -0.2) is 5.43 Å². The summed E-state index contributed by atoms with van der Waals surface area (Å²) in [5.74, 6) is 1.02. The van der Waals surface area contributed by atoms with E-state index in [1.54, 1.807) is 54.6 Å². The number of nitrogens with zero attached hydrogens (tertiary/aromatic N) is 2. The standard InChI is InChI=1S/C24H20ClN3O4/c1-30-23-12-17(10-11-22(23)31-15-19-7-3-2-6-18(19)13-26)14-27-28-24(29)16-32-21-9-5-4-8-20(21)25/h2-12,14H,15-16H2,1H3,(H,28,29). The summed E-state index contributed by atoms with van der Waals surface area (Å²) in [7, 11) is 1.53. The molecule has 0 aliphatic heterocycles. The molecular weight excluding hydrogens is 430 g/mol. The second-order valence-electron chi connectivity index (χ2n) is 6.48. The molecule has 0 fully saturated rings. The van der Waals surface area contributed by atoms with Gasteiger partial charge in [-0.3, -0.25) is 4.79 Å². The maximum Gasteiger partial charge on any atom is 0.277 e. The van der Waals surface area contributed by atoms with Crippen molar-refractivity contribution in [2.24, 2.45) is 5.10 Å². The Morgan fingerprint density at radius 1 is 1.06 bits per heavy atom. The van der Waals surface area contributed by atoms with Crippen LogP contribution in [0.15, 0.2) is 71.8 Å². The first-order valence-electron chi connectivity index (χ1n) is 9.59. The minimum Gasteiger partial charge on any atom is -0.493 e. The molecule has 3 aromatic rings. The van der Waals surface area contributed by atoms with E-state index in [1.807, 2.05) is 12.1 Å². The molecule has 1 amide bonds. The highest BCUT2D eigenvalue weighted by Gasteiger charge is 2.08. The molecule has 32 heavy (non-hydrogen) atoms. The molecule has 0 unspecified atom stereocenters.